The van der Waals surface area contributed by atoms with Gasteiger partial charge in [0.05, 0.1) is 25.2 Å². The van der Waals surface area contributed by atoms with E-state index in [1.54, 1.807) is 0 Å². The van der Waals surface area contributed by atoms with Crippen molar-refractivity contribution in [2.24, 2.45) is 16.7 Å². The maximum atomic E-state index is 13.0. The van der Waals surface area contributed by atoms with E-state index < -0.39 is 5.41 Å². The minimum atomic E-state index is -0.422. The zero-order valence-corrected chi connectivity index (χ0v) is 35.6. The Morgan fingerprint density at radius 1 is 0.635 bits per heavy atom. The van der Waals surface area contributed by atoms with Crippen LogP contribution in [0.25, 0.3) is 0 Å². The summed E-state index contributed by atoms with van der Waals surface area (Å²) in [6.07, 6.45) is 35.7. The van der Waals surface area contributed by atoms with Gasteiger partial charge in [0.1, 0.15) is 0 Å². The summed E-state index contributed by atoms with van der Waals surface area (Å²) in [6.45, 7) is 15.1. The third-order valence-electron chi connectivity index (χ3n) is 11.8. The highest BCUT2D eigenvalue weighted by molar-refractivity contribution is 5.75. The molecule has 308 valence electrons. The molecule has 0 aromatic heterocycles. The molecular formula is C46H89NO5. The summed E-state index contributed by atoms with van der Waals surface area (Å²) in [6, 6.07) is 0. The van der Waals surface area contributed by atoms with Crippen LogP contribution in [-0.2, 0) is 19.1 Å². The first-order chi connectivity index (χ1) is 25.2. The van der Waals surface area contributed by atoms with Gasteiger partial charge in [-0.3, -0.25) is 9.59 Å². The van der Waals surface area contributed by atoms with Crippen LogP contribution < -0.4 is 0 Å². The van der Waals surface area contributed by atoms with Gasteiger partial charge in [-0.2, -0.15) is 0 Å². The minimum Gasteiger partial charge on any atom is -0.465 e. The third-order valence-corrected chi connectivity index (χ3v) is 11.8. The summed E-state index contributed by atoms with van der Waals surface area (Å²) in [5.74, 6) is 0.669. The number of aliphatic hydroxyl groups excluding tert-OH is 1. The predicted molar refractivity (Wildman–Crippen MR) is 221 cm³/mol. The van der Waals surface area contributed by atoms with Crippen molar-refractivity contribution >= 4 is 11.9 Å². The number of ether oxygens (including phenoxy) is 2. The standard InChI is InChI=1S/C46H89NO5/c1-6-9-12-15-16-17-23-30-43(49)52-41-46(34-35-46)33-25-20-27-37-47(38-39-48)36-26-19-18-24-32-45(4,5)44(50)51-40-31-42(28-21-13-10-7-2)29-22-14-11-8-3/h42,48H,6-41H2,1-5H3. The lowest BCUT2D eigenvalue weighted by atomic mass is 9.87. The molecule has 1 N–H and O–H groups in total. The molecule has 0 saturated heterocycles. The number of hydrogen-bond acceptors (Lipinski definition) is 6. The SMILES string of the molecule is CCCCCCCCCC(=O)OCC1(CCCCCN(CCO)CCCCCCC(C)(C)C(=O)OCCC(CCCCCC)CCCCCC)CC1. The molecule has 1 aliphatic rings. The van der Waals surface area contributed by atoms with E-state index in [9.17, 15) is 14.7 Å². The number of esters is 2. The number of nitrogens with zero attached hydrogens (tertiary/aromatic N) is 1. The quantitative estimate of drug-likeness (QED) is 0.0500. The molecule has 0 unspecified atom stereocenters. The van der Waals surface area contributed by atoms with Crippen molar-refractivity contribution in [3.63, 3.8) is 0 Å². The summed E-state index contributed by atoms with van der Waals surface area (Å²) in [5.41, 5.74) is -0.162. The van der Waals surface area contributed by atoms with E-state index in [1.165, 1.54) is 128 Å². The molecule has 1 saturated carbocycles. The van der Waals surface area contributed by atoms with Crippen molar-refractivity contribution in [2.45, 2.75) is 227 Å². The highest BCUT2D eigenvalue weighted by atomic mass is 16.5. The van der Waals surface area contributed by atoms with Crippen LogP contribution in [0.5, 0.6) is 0 Å². The lowest BCUT2D eigenvalue weighted by Crippen LogP contribution is -2.29. The van der Waals surface area contributed by atoms with Gasteiger partial charge >= 0.3 is 11.9 Å². The summed E-state index contributed by atoms with van der Waals surface area (Å²) >= 11 is 0. The normalized spacial score (nSPS) is 14.0. The van der Waals surface area contributed by atoms with Crippen LogP contribution in [0.1, 0.15) is 227 Å². The molecule has 0 aromatic rings. The highest BCUT2D eigenvalue weighted by Crippen LogP contribution is 2.50. The number of carbonyl (C=O) groups excluding carboxylic acids is 2. The van der Waals surface area contributed by atoms with Gasteiger partial charge in [-0.25, -0.2) is 0 Å². The average Bonchev–Trinajstić information content (AvgIpc) is 3.91. The van der Waals surface area contributed by atoms with Gasteiger partial charge in [0.25, 0.3) is 0 Å². The van der Waals surface area contributed by atoms with Crippen LogP contribution in [0.3, 0.4) is 0 Å². The molecule has 0 heterocycles. The van der Waals surface area contributed by atoms with Gasteiger partial charge in [-0.05, 0) is 84.2 Å². The molecule has 6 heteroatoms. The van der Waals surface area contributed by atoms with E-state index >= 15 is 0 Å². The molecule has 0 aliphatic heterocycles. The molecule has 0 atom stereocenters. The smallest absolute Gasteiger partial charge is 0.311 e. The van der Waals surface area contributed by atoms with Crippen LogP contribution in [0.4, 0.5) is 0 Å². The fourth-order valence-electron chi connectivity index (χ4n) is 7.69. The molecule has 1 rings (SSSR count). The second-order valence-corrected chi connectivity index (χ2v) is 17.4. The highest BCUT2D eigenvalue weighted by Gasteiger charge is 2.43. The average molecular weight is 736 g/mol. The van der Waals surface area contributed by atoms with E-state index in [0.717, 1.165) is 77.4 Å². The predicted octanol–water partition coefficient (Wildman–Crippen LogP) is 12.8. The number of unbranched alkanes of at least 4 members (excludes halogenated alkanes) is 17. The molecule has 1 fully saturated rings. The second-order valence-electron chi connectivity index (χ2n) is 17.4. The number of hydrogen-bond donors (Lipinski definition) is 1. The van der Waals surface area contributed by atoms with Gasteiger partial charge in [0, 0.05) is 18.4 Å². The minimum absolute atomic E-state index is 0.00106. The molecule has 0 bridgehead atoms. The molecule has 52 heavy (non-hydrogen) atoms. The molecule has 1 aliphatic carbocycles. The van der Waals surface area contributed by atoms with Crippen LogP contribution in [0.2, 0.25) is 0 Å². The monoisotopic (exact) mass is 736 g/mol. The van der Waals surface area contributed by atoms with Crippen LogP contribution >= 0.6 is 0 Å². The third kappa shape index (κ3) is 26.6. The summed E-state index contributed by atoms with van der Waals surface area (Å²) < 4.78 is 11.6. The van der Waals surface area contributed by atoms with Crippen LogP contribution in [-0.4, -0.2) is 61.4 Å². The first-order valence-electron chi connectivity index (χ1n) is 22.9. The van der Waals surface area contributed by atoms with Crippen molar-refractivity contribution in [3.05, 3.63) is 0 Å². The molecule has 0 spiro atoms. The molecule has 6 nitrogen and oxygen atoms in total. The van der Waals surface area contributed by atoms with E-state index in [1.807, 2.05) is 0 Å². The van der Waals surface area contributed by atoms with Gasteiger partial charge < -0.3 is 19.5 Å². The zero-order valence-electron chi connectivity index (χ0n) is 35.6. The summed E-state index contributed by atoms with van der Waals surface area (Å²) in [4.78, 5) is 27.7. The Morgan fingerprint density at radius 2 is 1.15 bits per heavy atom. The Balaban J connectivity index is 2.17. The van der Waals surface area contributed by atoms with Crippen LogP contribution in [0.15, 0.2) is 0 Å². The van der Waals surface area contributed by atoms with Gasteiger partial charge in [0.2, 0.25) is 0 Å². The van der Waals surface area contributed by atoms with Crippen molar-refractivity contribution in [2.75, 3.05) is 39.5 Å². The van der Waals surface area contributed by atoms with Gasteiger partial charge in [-0.15, -0.1) is 0 Å². The summed E-state index contributed by atoms with van der Waals surface area (Å²) in [5, 5.41) is 9.63. The van der Waals surface area contributed by atoms with E-state index in [2.05, 4.69) is 39.5 Å². The maximum absolute atomic E-state index is 13.0. The first kappa shape index (κ1) is 48.9. The van der Waals surface area contributed by atoms with Gasteiger partial charge in [-0.1, -0.05) is 156 Å². The Kier molecular flexibility index (Phi) is 30.2. The van der Waals surface area contributed by atoms with E-state index in [4.69, 9.17) is 9.47 Å². The number of rotatable bonds is 39. The lowest BCUT2D eigenvalue weighted by molar-refractivity contribution is -0.154. The molecule has 0 aromatic carbocycles. The second kappa shape index (κ2) is 32.1. The van der Waals surface area contributed by atoms with E-state index in [0.29, 0.717) is 25.6 Å². The fourth-order valence-corrected chi connectivity index (χ4v) is 7.69. The Hall–Kier alpha value is -1.14. The Morgan fingerprint density at radius 3 is 1.73 bits per heavy atom. The van der Waals surface area contributed by atoms with Crippen molar-refractivity contribution in [1.82, 2.24) is 4.90 Å². The van der Waals surface area contributed by atoms with Crippen LogP contribution in [0, 0.1) is 16.7 Å². The summed E-state index contributed by atoms with van der Waals surface area (Å²) in [7, 11) is 0. The number of carbonyl (C=O) groups is 2. The molecule has 0 radical (unpaired) electrons. The Bertz CT molecular complexity index is 829. The molecular weight excluding hydrogens is 647 g/mol. The topological polar surface area (TPSA) is 76.1 Å². The molecule has 0 amide bonds. The fraction of sp³-hybridized carbons (Fsp3) is 0.957. The maximum Gasteiger partial charge on any atom is 0.311 e. The first-order valence-corrected chi connectivity index (χ1v) is 22.9. The van der Waals surface area contributed by atoms with Crippen molar-refractivity contribution in [3.8, 4) is 0 Å². The van der Waals surface area contributed by atoms with Gasteiger partial charge in [0.15, 0.2) is 0 Å². The zero-order chi connectivity index (χ0) is 38.2. The van der Waals surface area contributed by atoms with E-state index in [-0.39, 0.29) is 24.0 Å². The van der Waals surface area contributed by atoms with Crippen molar-refractivity contribution < 1.29 is 24.2 Å². The Labute approximate surface area is 323 Å². The van der Waals surface area contributed by atoms with Crippen molar-refractivity contribution in [1.29, 1.82) is 0 Å². The lowest BCUT2D eigenvalue weighted by Gasteiger charge is -2.24. The number of aliphatic hydroxyl groups is 1. The largest absolute Gasteiger partial charge is 0.465 e.